The number of nitrogens with one attached hydrogen (secondary N) is 1. The topological polar surface area (TPSA) is 87.4 Å². The van der Waals surface area contributed by atoms with Crippen molar-refractivity contribution >= 4 is 45.5 Å². The molecule has 0 saturated heterocycles. The molecule has 0 aliphatic carbocycles. The minimum atomic E-state index is -4.53. The zero-order chi connectivity index (χ0) is 26.7. The molecule has 0 bridgehead atoms. The maximum absolute atomic E-state index is 13.4. The molecule has 0 atom stereocenters. The number of carbonyl (C=O) groups excluding carboxylic acids is 1. The summed E-state index contributed by atoms with van der Waals surface area (Å²) in [4.78, 5) is 26.0. The number of aromatic nitrogens is 2. The highest BCUT2D eigenvalue weighted by molar-refractivity contribution is 7.13. The number of nitrogens with two attached hydrogens (primary N) is 1. The van der Waals surface area contributed by atoms with E-state index in [0.717, 1.165) is 40.9 Å². The molecule has 2 aromatic carbocycles. The number of rotatable bonds is 8. The molecule has 0 saturated carbocycles. The minimum Gasteiger partial charge on any atom is -0.373 e. The molecule has 4 rings (SSSR count). The number of nitrogens with zero attached hydrogens (tertiary/aromatic N) is 4. The molecule has 2 heterocycles. The Kier molecular flexibility index (Phi) is 7.65. The lowest BCUT2D eigenvalue weighted by atomic mass is 10.1. The molecule has 7 nitrogen and oxygen atoms in total. The third kappa shape index (κ3) is 6.36. The summed E-state index contributed by atoms with van der Waals surface area (Å²) >= 11 is 1.36. The monoisotopic (exact) mass is 528 g/mol. The van der Waals surface area contributed by atoms with E-state index >= 15 is 0 Å². The zero-order valence-corrected chi connectivity index (χ0v) is 21.5. The van der Waals surface area contributed by atoms with Gasteiger partial charge in [-0.1, -0.05) is 6.07 Å². The van der Waals surface area contributed by atoms with E-state index < -0.39 is 17.6 Å². The van der Waals surface area contributed by atoms with E-state index in [4.69, 9.17) is 5.73 Å². The lowest BCUT2D eigenvalue weighted by Crippen LogP contribution is -2.25. The van der Waals surface area contributed by atoms with Crippen molar-refractivity contribution in [1.82, 2.24) is 14.9 Å². The molecular weight excluding hydrogens is 501 g/mol. The Morgan fingerprint density at radius 3 is 2.59 bits per heavy atom. The van der Waals surface area contributed by atoms with Gasteiger partial charge < -0.3 is 20.9 Å². The largest absolute Gasteiger partial charge is 0.416 e. The number of hydrogen-bond acceptors (Lipinski definition) is 7. The van der Waals surface area contributed by atoms with Gasteiger partial charge in [0.05, 0.1) is 28.0 Å². The van der Waals surface area contributed by atoms with Gasteiger partial charge in [0.15, 0.2) is 0 Å². The van der Waals surface area contributed by atoms with Crippen LogP contribution in [0.3, 0.4) is 0 Å². The Hall–Kier alpha value is -3.70. The number of benzene rings is 2. The molecule has 0 fully saturated rings. The minimum absolute atomic E-state index is 0.111. The number of fused-ring (bicyclic) bond motifs is 1. The van der Waals surface area contributed by atoms with Crippen molar-refractivity contribution in [2.45, 2.75) is 12.6 Å². The maximum Gasteiger partial charge on any atom is 0.416 e. The molecule has 11 heteroatoms. The average Bonchev–Trinajstić information content (AvgIpc) is 3.33. The van der Waals surface area contributed by atoms with Crippen LogP contribution in [0.4, 0.5) is 30.5 Å². The zero-order valence-electron chi connectivity index (χ0n) is 20.6. The van der Waals surface area contributed by atoms with Gasteiger partial charge in [0.2, 0.25) is 5.95 Å². The second-order valence-electron chi connectivity index (χ2n) is 8.96. The molecule has 194 valence electrons. The van der Waals surface area contributed by atoms with E-state index in [9.17, 15) is 18.0 Å². The number of hydrogen-bond donors (Lipinski definition) is 2. The van der Waals surface area contributed by atoms with Gasteiger partial charge in [-0.3, -0.25) is 4.79 Å². The number of carbonyl (C=O) groups is 1. The Bertz CT molecular complexity index is 1420. The molecule has 0 radical (unpaired) electrons. The molecular formula is C26H27F3N6OS. The number of anilines is 3. The Morgan fingerprint density at radius 2 is 1.86 bits per heavy atom. The van der Waals surface area contributed by atoms with Crippen LogP contribution >= 0.6 is 11.3 Å². The first-order valence-corrected chi connectivity index (χ1v) is 12.4. The standard InChI is InChI=1S/C26H27F3N6OS/c1-34(2)9-4-10-35(3)22-8-6-19(26(27,28)29)13-21(22)32-24(36)18-12-23(37-15-18)16-5-7-20-17(11-16)14-31-25(30)33-20/h5-8,11-15H,4,9-10H2,1-3H3,(H,32,36)(H2,30,31,33). The third-order valence-electron chi connectivity index (χ3n) is 5.83. The highest BCUT2D eigenvalue weighted by Gasteiger charge is 2.31. The van der Waals surface area contributed by atoms with Crippen molar-refractivity contribution in [3.05, 3.63) is 65.2 Å². The molecule has 1 amide bonds. The highest BCUT2D eigenvalue weighted by atomic mass is 32.1. The van der Waals surface area contributed by atoms with Gasteiger partial charge in [-0.15, -0.1) is 11.3 Å². The maximum atomic E-state index is 13.4. The number of thiophene rings is 1. The van der Waals surface area contributed by atoms with Crippen molar-refractivity contribution in [3.8, 4) is 10.4 Å². The average molecular weight is 529 g/mol. The second kappa shape index (κ2) is 10.7. The van der Waals surface area contributed by atoms with E-state index in [1.54, 1.807) is 24.7 Å². The summed E-state index contributed by atoms with van der Waals surface area (Å²) in [6.07, 6.45) is -2.08. The van der Waals surface area contributed by atoms with Crippen molar-refractivity contribution in [1.29, 1.82) is 0 Å². The fraction of sp³-hybridized carbons (Fsp3) is 0.269. The van der Waals surface area contributed by atoms with Crippen molar-refractivity contribution in [2.75, 3.05) is 50.2 Å². The fourth-order valence-electron chi connectivity index (χ4n) is 3.89. The van der Waals surface area contributed by atoms with Crippen LogP contribution in [-0.2, 0) is 6.18 Å². The third-order valence-corrected chi connectivity index (χ3v) is 6.81. The molecule has 0 aliphatic heterocycles. The van der Waals surface area contributed by atoms with E-state index in [2.05, 4.69) is 15.3 Å². The first kappa shape index (κ1) is 26.4. The summed E-state index contributed by atoms with van der Waals surface area (Å²) < 4.78 is 40.3. The Labute approximate surface area is 216 Å². The highest BCUT2D eigenvalue weighted by Crippen LogP contribution is 2.36. The van der Waals surface area contributed by atoms with Gasteiger partial charge in [-0.05, 0) is 69.0 Å². The molecule has 0 spiro atoms. The van der Waals surface area contributed by atoms with Crippen LogP contribution in [-0.4, -0.2) is 55.0 Å². The van der Waals surface area contributed by atoms with Crippen LogP contribution in [0.5, 0.6) is 0 Å². The lowest BCUT2D eigenvalue weighted by Gasteiger charge is -2.24. The molecule has 0 unspecified atom stereocenters. The summed E-state index contributed by atoms with van der Waals surface area (Å²) in [6, 6.07) is 10.7. The SMILES string of the molecule is CN(C)CCCN(C)c1ccc(C(F)(F)F)cc1NC(=O)c1csc(-c2ccc3nc(N)ncc3c2)c1. The predicted molar refractivity (Wildman–Crippen MR) is 143 cm³/mol. The van der Waals surface area contributed by atoms with E-state index in [1.165, 1.54) is 17.4 Å². The first-order chi connectivity index (χ1) is 17.5. The summed E-state index contributed by atoms with van der Waals surface area (Å²) in [5.74, 6) is -0.297. The molecule has 4 aromatic rings. The van der Waals surface area contributed by atoms with Gasteiger partial charge in [-0.25, -0.2) is 9.97 Å². The van der Waals surface area contributed by atoms with Crippen LogP contribution in [0.15, 0.2) is 54.0 Å². The number of alkyl halides is 3. The van der Waals surface area contributed by atoms with E-state index in [-0.39, 0.29) is 11.6 Å². The van der Waals surface area contributed by atoms with Crippen molar-refractivity contribution in [3.63, 3.8) is 0 Å². The van der Waals surface area contributed by atoms with Gasteiger partial charge in [-0.2, -0.15) is 13.2 Å². The molecule has 37 heavy (non-hydrogen) atoms. The van der Waals surface area contributed by atoms with E-state index in [0.29, 0.717) is 23.3 Å². The van der Waals surface area contributed by atoms with Gasteiger partial charge in [0.25, 0.3) is 5.91 Å². The number of amides is 1. The summed E-state index contributed by atoms with van der Waals surface area (Å²) in [7, 11) is 5.72. The Balaban J connectivity index is 1.58. The van der Waals surface area contributed by atoms with Crippen LogP contribution in [0.2, 0.25) is 0 Å². The van der Waals surface area contributed by atoms with Crippen molar-refractivity contribution < 1.29 is 18.0 Å². The summed E-state index contributed by atoms with van der Waals surface area (Å²) in [6.45, 7) is 1.45. The fourth-order valence-corrected chi connectivity index (χ4v) is 4.78. The molecule has 0 aliphatic rings. The van der Waals surface area contributed by atoms with Gasteiger partial charge >= 0.3 is 6.18 Å². The Morgan fingerprint density at radius 1 is 1.08 bits per heavy atom. The second-order valence-corrected chi connectivity index (χ2v) is 9.87. The normalized spacial score (nSPS) is 11.8. The summed E-state index contributed by atoms with van der Waals surface area (Å²) in [5, 5.41) is 5.19. The van der Waals surface area contributed by atoms with Crippen molar-refractivity contribution in [2.24, 2.45) is 0 Å². The quantitative estimate of drug-likeness (QED) is 0.310. The van der Waals surface area contributed by atoms with Crippen LogP contribution in [0.1, 0.15) is 22.3 Å². The van der Waals surface area contributed by atoms with Crippen LogP contribution in [0, 0.1) is 0 Å². The predicted octanol–water partition coefficient (Wildman–Crippen LogP) is 5.60. The lowest BCUT2D eigenvalue weighted by molar-refractivity contribution is -0.137. The van der Waals surface area contributed by atoms with Crippen LogP contribution < -0.4 is 16.0 Å². The smallest absolute Gasteiger partial charge is 0.373 e. The molecule has 2 aromatic heterocycles. The molecule has 3 N–H and O–H groups in total. The van der Waals surface area contributed by atoms with Gasteiger partial charge in [0.1, 0.15) is 0 Å². The number of halogens is 3. The van der Waals surface area contributed by atoms with E-state index in [1.807, 2.05) is 42.1 Å². The number of nitrogen functional groups attached to an aromatic ring is 1. The van der Waals surface area contributed by atoms with Gasteiger partial charge in [0, 0.05) is 35.4 Å². The summed E-state index contributed by atoms with van der Waals surface area (Å²) in [5.41, 5.74) is 7.37. The first-order valence-electron chi connectivity index (χ1n) is 11.5. The van der Waals surface area contributed by atoms with Crippen LogP contribution in [0.25, 0.3) is 21.3 Å².